The fraction of sp³-hybridized carbons (Fsp3) is 0.882. The molecule has 0 saturated carbocycles. The normalized spacial score (nSPS) is 32.6. The first-order chi connectivity index (χ1) is 14.7. The van der Waals surface area contributed by atoms with E-state index in [0.717, 1.165) is 38.9 Å². The second kappa shape index (κ2) is 9.13. The van der Waals surface area contributed by atoms with Gasteiger partial charge in [-0.25, -0.2) is 10.3 Å². The molecule has 0 spiro atoms. The maximum Gasteiger partial charge on any atom is 0.418 e. The Morgan fingerprint density at radius 1 is 1.19 bits per heavy atom. The molecule has 31 heavy (non-hydrogen) atoms. The molecule has 0 radical (unpaired) electrons. The van der Waals surface area contributed by atoms with E-state index in [9.17, 15) is 23.1 Å². The van der Waals surface area contributed by atoms with Gasteiger partial charge >= 0.3 is 16.4 Å². The minimum Gasteiger partial charge on any atom is -0.393 e. The molecular formula is C17H29N5O8S. The molecule has 4 aliphatic heterocycles. The molecule has 4 fully saturated rings. The minimum atomic E-state index is -4.83. The molecule has 176 valence electrons. The third-order valence-electron chi connectivity index (χ3n) is 6.47. The van der Waals surface area contributed by atoms with Gasteiger partial charge in [-0.15, -0.1) is 4.28 Å². The molecule has 4 atom stereocenters. The molecule has 4 rings (SSSR count). The van der Waals surface area contributed by atoms with Gasteiger partial charge in [-0.3, -0.25) is 19.1 Å². The first-order valence-corrected chi connectivity index (χ1v) is 11.9. The molecular weight excluding hydrogens is 434 g/mol. The Hall–Kier alpha value is -1.55. The van der Waals surface area contributed by atoms with Crippen LogP contribution in [0.25, 0.3) is 0 Å². The predicted molar refractivity (Wildman–Crippen MR) is 104 cm³/mol. The Morgan fingerprint density at radius 3 is 2.65 bits per heavy atom. The van der Waals surface area contributed by atoms with Crippen LogP contribution in [0.1, 0.15) is 32.1 Å². The number of hydroxylamine groups is 3. The van der Waals surface area contributed by atoms with Crippen molar-refractivity contribution >= 4 is 22.3 Å². The number of hydrogen-bond donors (Lipinski definition) is 4. The van der Waals surface area contributed by atoms with E-state index in [1.807, 2.05) is 0 Å². The molecule has 4 heterocycles. The van der Waals surface area contributed by atoms with Crippen LogP contribution in [0.4, 0.5) is 4.79 Å². The summed E-state index contributed by atoms with van der Waals surface area (Å²) in [5.74, 6) is -0.486. The minimum absolute atomic E-state index is 0.0833. The Balaban J connectivity index is 1.21. The third-order valence-corrected chi connectivity index (χ3v) is 6.82. The van der Waals surface area contributed by atoms with E-state index in [1.165, 1.54) is 4.90 Å². The number of fused-ring (bicyclic) bond motifs is 2. The average Bonchev–Trinajstić information content (AvgIpc) is 3.27. The van der Waals surface area contributed by atoms with Crippen LogP contribution >= 0.6 is 0 Å². The maximum atomic E-state index is 12.5. The Kier molecular flexibility index (Phi) is 6.67. The van der Waals surface area contributed by atoms with Crippen LogP contribution in [0.2, 0.25) is 0 Å². The number of aliphatic hydroxyl groups excluding tert-OH is 1. The van der Waals surface area contributed by atoms with E-state index >= 15 is 0 Å². The maximum absolute atomic E-state index is 12.5. The topological polar surface area (TPSA) is 161 Å². The summed E-state index contributed by atoms with van der Waals surface area (Å²) in [6, 6.07) is -1.67. The van der Waals surface area contributed by atoms with E-state index in [1.54, 1.807) is 0 Å². The molecule has 13 nitrogen and oxygen atoms in total. The van der Waals surface area contributed by atoms with Gasteiger partial charge in [-0.2, -0.15) is 13.5 Å². The summed E-state index contributed by atoms with van der Waals surface area (Å²) in [5, 5.41) is 13.6. The number of rotatable bonds is 7. The average molecular weight is 464 g/mol. The zero-order valence-corrected chi connectivity index (χ0v) is 17.9. The third kappa shape index (κ3) is 5.27. The monoisotopic (exact) mass is 463 g/mol. The number of aliphatic hydroxyl groups is 1. The van der Waals surface area contributed by atoms with Crippen LogP contribution in [0.3, 0.4) is 0 Å². The summed E-state index contributed by atoms with van der Waals surface area (Å²) in [4.78, 5) is 33.9. The van der Waals surface area contributed by atoms with Gasteiger partial charge in [-0.05, 0) is 32.1 Å². The van der Waals surface area contributed by atoms with Gasteiger partial charge in [0.1, 0.15) is 6.04 Å². The summed E-state index contributed by atoms with van der Waals surface area (Å²) in [6.45, 7) is 2.99. The summed E-state index contributed by atoms with van der Waals surface area (Å²) >= 11 is 0. The zero-order valence-electron chi connectivity index (χ0n) is 17.1. The van der Waals surface area contributed by atoms with Crippen LogP contribution in [0, 0.1) is 0 Å². The Bertz CT molecular complexity index is 789. The highest BCUT2D eigenvalue weighted by atomic mass is 32.3. The van der Waals surface area contributed by atoms with E-state index in [2.05, 4.69) is 20.0 Å². The van der Waals surface area contributed by atoms with Crippen molar-refractivity contribution in [3.8, 4) is 0 Å². The van der Waals surface area contributed by atoms with E-state index in [4.69, 9.17) is 9.39 Å². The van der Waals surface area contributed by atoms with Gasteiger partial charge in [0.05, 0.1) is 18.8 Å². The van der Waals surface area contributed by atoms with Crippen molar-refractivity contribution in [3.05, 3.63) is 0 Å². The standard InChI is InChI=1S/C17H29N5O8S/c23-14-3-5-20(6-4-14)13-7-11(18-8-13)10-29-19-16(24)15-2-1-12-9-21(15)17(25)22(12)30-31(26,27)28/h11-15,18,23H,1-10H2,(H,19,24)(H,26,27,28)/t11-,12+,13-,15-/m0/s1. The fourth-order valence-corrected chi connectivity index (χ4v) is 5.23. The van der Waals surface area contributed by atoms with E-state index < -0.39 is 34.4 Å². The number of likely N-dealkylation sites (tertiary alicyclic amines) is 1. The van der Waals surface area contributed by atoms with Gasteiger partial charge in [0.2, 0.25) is 0 Å². The number of piperidine rings is 2. The number of hydrogen-bond acceptors (Lipinski definition) is 9. The van der Waals surface area contributed by atoms with Crippen molar-refractivity contribution in [1.29, 1.82) is 0 Å². The van der Waals surface area contributed by atoms with Crippen LogP contribution < -0.4 is 10.8 Å². The second-order valence-electron chi connectivity index (χ2n) is 8.55. The highest BCUT2D eigenvalue weighted by molar-refractivity contribution is 7.80. The van der Waals surface area contributed by atoms with Crippen molar-refractivity contribution in [2.45, 2.75) is 62.4 Å². The lowest BCUT2D eigenvalue weighted by Crippen LogP contribution is -2.50. The van der Waals surface area contributed by atoms with E-state index in [0.29, 0.717) is 23.9 Å². The van der Waals surface area contributed by atoms with Gasteiger partial charge in [0, 0.05) is 38.3 Å². The number of amides is 3. The van der Waals surface area contributed by atoms with Crippen LogP contribution in [-0.4, -0.2) is 108 Å². The van der Waals surface area contributed by atoms with Gasteiger partial charge in [0.25, 0.3) is 5.91 Å². The van der Waals surface area contributed by atoms with Crippen LogP contribution in [-0.2, 0) is 24.3 Å². The van der Waals surface area contributed by atoms with Crippen molar-refractivity contribution in [2.75, 3.05) is 32.8 Å². The Morgan fingerprint density at radius 2 is 1.94 bits per heavy atom. The summed E-state index contributed by atoms with van der Waals surface area (Å²) in [6.07, 6.45) is 2.93. The van der Waals surface area contributed by atoms with Gasteiger partial charge in [-0.1, -0.05) is 0 Å². The number of nitrogens with zero attached hydrogens (tertiary/aromatic N) is 3. The molecule has 14 heteroatoms. The fourth-order valence-electron chi connectivity index (χ4n) is 4.84. The van der Waals surface area contributed by atoms with Crippen molar-refractivity contribution in [1.82, 2.24) is 25.7 Å². The lowest BCUT2D eigenvalue weighted by molar-refractivity contribution is -0.139. The largest absolute Gasteiger partial charge is 0.418 e. The lowest BCUT2D eigenvalue weighted by Gasteiger charge is -2.34. The number of nitrogens with one attached hydrogen (secondary N) is 2. The number of carbonyl (C=O) groups excluding carboxylic acids is 2. The smallest absolute Gasteiger partial charge is 0.393 e. The molecule has 0 aromatic heterocycles. The molecule has 2 bridgehead atoms. The summed E-state index contributed by atoms with van der Waals surface area (Å²) in [5.41, 5.74) is 2.40. The summed E-state index contributed by atoms with van der Waals surface area (Å²) < 4.78 is 35.1. The second-order valence-corrected chi connectivity index (χ2v) is 9.55. The van der Waals surface area contributed by atoms with Crippen LogP contribution in [0.15, 0.2) is 0 Å². The zero-order chi connectivity index (χ0) is 22.2. The van der Waals surface area contributed by atoms with Crippen molar-refractivity contribution in [3.63, 3.8) is 0 Å². The van der Waals surface area contributed by atoms with Gasteiger partial charge in [0.15, 0.2) is 0 Å². The molecule has 0 aromatic carbocycles. The highest BCUT2D eigenvalue weighted by Crippen LogP contribution is 2.30. The molecule has 4 aliphatic rings. The van der Waals surface area contributed by atoms with Crippen LogP contribution in [0.5, 0.6) is 0 Å². The first kappa shape index (κ1) is 22.6. The van der Waals surface area contributed by atoms with Crippen molar-refractivity contribution < 1.29 is 36.8 Å². The quantitative estimate of drug-likeness (QED) is 0.251. The Labute approximate surface area is 180 Å². The molecule has 0 aliphatic carbocycles. The lowest BCUT2D eigenvalue weighted by atomic mass is 10.0. The van der Waals surface area contributed by atoms with Crippen molar-refractivity contribution in [2.24, 2.45) is 0 Å². The highest BCUT2D eigenvalue weighted by Gasteiger charge is 2.49. The number of carbonyl (C=O) groups is 2. The SMILES string of the molecule is O=C(NOC[C@@H]1C[C@H](N2CCC(O)CC2)CN1)[C@@H]1CC[C@@H]2CN1C(=O)N2OS(=O)(=O)O. The number of urea groups is 1. The van der Waals surface area contributed by atoms with Gasteiger partial charge < -0.3 is 15.3 Å². The summed E-state index contributed by atoms with van der Waals surface area (Å²) in [7, 11) is -4.83. The predicted octanol–water partition coefficient (Wildman–Crippen LogP) is -1.78. The van der Waals surface area contributed by atoms with E-state index in [-0.39, 0.29) is 25.3 Å². The molecule has 3 amide bonds. The molecule has 4 N–H and O–H groups in total. The molecule has 0 unspecified atom stereocenters. The molecule has 0 aromatic rings. The molecule has 4 saturated heterocycles. The first-order valence-electron chi connectivity index (χ1n) is 10.6.